The fourth-order valence-corrected chi connectivity index (χ4v) is 3.23. The van der Waals surface area contributed by atoms with Gasteiger partial charge in [0.1, 0.15) is 0 Å². The zero-order valence-corrected chi connectivity index (χ0v) is 12.6. The largest absolute Gasteiger partial charge is 0.478 e. The Balaban J connectivity index is 1.94. The van der Waals surface area contributed by atoms with Gasteiger partial charge in [0.25, 0.3) is 0 Å². The van der Waals surface area contributed by atoms with Crippen molar-refractivity contribution in [2.24, 2.45) is 0 Å². The molecule has 3 heteroatoms. The van der Waals surface area contributed by atoms with Crippen LogP contribution in [0.2, 0.25) is 0 Å². The molecule has 0 aromatic heterocycles. The summed E-state index contributed by atoms with van der Waals surface area (Å²) in [4.78, 5) is 11.6. The first kappa shape index (κ1) is 14.8. The van der Waals surface area contributed by atoms with Gasteiger partial charge in [0.2, 0.25) is 0 Å². The predicted octanol–water partition coefficient (Wildman–Crippen LogP) is 3.27. The monoisotopic (exact) mass is 295 g/mol. The molecule has 22 heavy (non-hydrogen) atoms. The van der Waals surface area contributed by atoms with Gasteiger partial charge in [-0.15, -0.1) is 0 Å². The van der Waals surface area contributed by atoms with Crippen LogP contribution in [0.3, 0.4) is 0 Å². The van der Waals surface area contributed by atoms with E-state index < -0.39 is 5.97 Å². The van der Waals surface area contributed by atoms with Crippen LogP contribution in [-0.2, 0) is 12.8 Å². The van der Waals surface area contributed by atoms with Crippen LogP contribution in [-0.4, -0.2) is 23.7 Å². The summed E-state index contributed by atoms with van der Waals surface area (Å²) in [6.45, 7) is 1.07. The van der Waals surface area contributed by atoms with Crippen LogP contribution in [0.5, 0.6) is 0 Å². The Morgan fingerprint density at radius 2 is 1.95 bits per heavy atom. The van der Waals surface area contributed by atoms with Gasteiger partial charge < -0.3 is 10.4 Å². The fourth-order valence-electron chi connectivity index (χ4n) is 3.23. The van der Waals surface area contributed by atoms with Gasteiger partial charge in [-0.25, -0.2) is 4.79 Å². The molecule has 3 nitrogen and oxygen atoms in total. The van der Waals surface area contributed by atoms with Crippen molar-refractivity contribution in [3.63, 3.8) is 0 Å². The summed E-state index contributed by atoms with van der Waals surface area (Å²) in [5.74, 6) is -0.841. The minimum atomic E-state index is -0.841. The molecule has 2 aromatic carbocycles. The molecule has 1 fully saturated rings. The Hall–Kier alpha value is -2.13. The van der Waals surface area contributed by atoms with Gasteiger partial charge in [-0.3, -0.25) is 0 Å². The molecule has 1 heterocycles. The minimum absolute atomic E-state index is 0.430. The van der Waals surface area contributed by atoms with Gasteiger partial charge in [-0.05, 0) is 55.0 Å². The number of carbonyl (C=O) groups is 1. The molecule has 3 rings (SSSR count). The molecule has 1 atom stereocenters. The standard InChI is InChI=1S/C19H21NO2/c21-19(22)17-10-4-8-15(13-16-9-5-11-20-16)18(17)12-14-6-2-1-3-7-14/h1-4,6-8,10,16,20H,5,9,11-13H2,(H,21,22). The molecule has 0 saturated carbocycles. The third-order valence-corrected chi connectivity index (χ3v) is 4.36. The van der Waals surface area contributed by atoms with E-state index in [1.807, 2.05) is 24.3 Å². The maximum absolute atomic E-state index is 11.6. The van der Waals surface area contributed by atoms with Crippen LogP contribution >= 0.6 is 0 Å². The number of carboxylic acids is 1. The van der Waals surface area contributed by atoms with Crippen LogP contribution in [0.15, 0.2) is 48.5 Å². The fraction of sp³-hybridized carbons (Fsp3) is 0.316. The lowest BCUT2D eigenvalue weighted by Gasteiger charge is -2.16. The van der Waals surface area contributed by atoms with Gasteiger partial charge in [0.05, 0.1) is 5.56 Å². The van der Waals surface area contributed by atoms with Crippen molar-refractivity contribution in [3.05, 3.63) is 70.8 Å². The SMILES string of the molecule is O=C(O)c1cccc(CC2CCCN2)c1Cc1ccccc1. The van der Waals surface area contributed by atoms with Crippen LogP contribution in [0.1, 0.15) is 39.9 Å². The number of benzene rings is 2. The van der Waals surface area contributed by atoms with E-state index in [0.717, 1.165) is 29.7 Å². The number of hydrogen-bond acceptors (Lipinski definition) is 2. The van der Waals surface area contributed by atoms with Gasteiger partial charge in [-0.2, -0.15) is 0 Å². The van der Waals surface area contributed by atoms with Crippen LogP contribution in [0.4, 0.5) is 0 Å². The zero-order chi connectivity index (χ0) is 15.4. The molecule has 114 valence electrons. The first-order valence-corrected chi connectivity index (χ1v) is 7.85. The summed E-state index contributed by atoms with van der Waals surface area (Å²) in [5, 5.41) is 13.0. The first-order valence-electron chi connectivity index (χ1n) is 7.85. The summed E-state index contributed by atoms with van der Waals surface area (Å²) in [7, 11) is 0. The summed E-state index contributed by atoms with van der Waals surface area (Å²) >= 11 is 0. The highest BCUT2D eigenvalue weighted by molar-refractivity contribution is 5.90. The summed E-state index contributed by atoms with van der Waals surface area (Å²) in [5.41, 5.74) is 3.69. The molecule has 0 bridgehead atoms. The van der Waals surface area contributed by atoms with E-state index >= 15 is 0 Å². The zero-order valence-electron chi connectivity index (χ0n) is 12.6. The Kier molecular flexibility index (Phi) is 4.54. The molecule has 2 N–H and O–H groups in total. The highest BCUT2D eigenvalue weighted by Gasteiger charge is 2.19. The van der Waals surface area contributed by atoms with E-state index in [9.17, 15) is 9.90 Å². The third-order valence-electron chi connectivity index (χ3n) is 4.36. The molecule has 0 aliphatic carbocycles. The van der Waals surface area contributed by atoms with Gasteiger partial charge in [-0.1, -0.05) is 42.5 Å². The Bertz CT molecular complexity index is 646. The molecular formula is C19H21NO2. The molecule has 0 spiro atoms. The summed E-state index contributed by atoms with van der Waals surface area (Å²) in [6, 6.07) is 16.2. The topological polar surface area (TPSA) is 49.3 Å². The van der Waals surface area contributed by atoms with Gasteiger partial charge >= 0.3 is 5.97 Å². The number of hydrogen-bond donors (Lipinski definition) is 2. The van der Waals surface area contributed by atoms with Crippen molar-refractivity contribution >= 4 is 5.97 Å². The van der Waals surface area contributed by atoms with E-state index in [2.05, 4.69) is 23.5 Å². The number of rotatable bonds is 5. The van der Waals surface area contributed by atoms with Gasteiger partial charge in [0.15, 0.2) is 0 Å². The molecule has 2 aromatic rings. The molecule has 0 radical (unpaired) electrons. The Morgan fingerprint density at radius 3 is 2.64 bits per heavy atom. The number of carboxylic acid groups (broad SMARTS) is 1. The molecule has 1 saturated heterocycles. The normalized spacial score (nSPS) is 17.5. The van der Waals surface area contributed by atoms with Gasteiger partial charge in [0, 0.05) is 6.04 Å². The molecule has 1 aliphatic rings. The molecule has 1 unspecified atom stereocenters. The van der Waals surface area contributed by atoms with Crippen molar-refractivity contribution in [1.82, 2.24) is 5.32 Å². The van der Waals surface area contributed by atoms with Crippen LogP contribution < -0.4 is 5.32 Å². The third kappa shape index (κ3) is 3.37. The van der Waals surface area contributed by atoms with E-state index in [1.165, 1.54) is 12.8 Å². The Labute approximate surface area is 131 Å². The second-order valence-corrected chi connectivity index (χ2v) is 5.91. The average Bonchev–Trinajstić information content (AvgIpc) is 3.03. The Morgan fingerprint density at radius 1 is 1.14 bits per heavy atom. The van der Waals surface area contributed by atoms with E-state index in [0.29, 0.717) is 18.0 Å². The second-order valence-electron chi connectivity index (χ2n) is 5.91. The first-order chi connectivity index (χ1) is 10.7. The van der Waals surface area contributed by atoms with Crippen LogP contribution in [0, 0.1) is 0 Å². The second kappa shape index (κ2) is 6.75. The van der Waals surface area contributed by atoms with Crippen molar-refractivity contribution in [3.8, 4) is 0 Å². The molecule has 1 aliphatic heterocycles. The summed E-state index contributed by atoms with van der Waals surface area (Å²) < 4.78 is 0. The highest BCUT2D eigenvalue weighted by Crippen LogP contribution is 2.22. The lowest BCUT2D eigenvalue weighted by Crippen LogP contribution is -2.24. The smallest absolute Gasteiger partial charge is 0.335 e. The number of aromatic carboxylic acids is 1. The van der Waals surface area contributed by atoms with E-state index in [-0.39, 0.29) is 0 Å². The summed E-state index contributed by atoms with van der Waals surface area (Å²) in [6.07, 6.45) is 3.95. The van der Waals surface area contributed by atoms with Crippen molar-refractivity contribution in [2.45, 2.75) is 31.7 Å². The van der Waals surface area contributed by atoms with E-state index in [4.69, 9.17) is 0 Å². The lowest BCUT2D eigenvalue weighted by atomic mass is 9.91. The number of nitrogens with one attached hydrogen (secondary N) is 1. The molecule has 0 amide bonds. The predicted molar refractivity (Wildman–Crippen MR) is 87.4 cm³/mol. The van der Waals surface area contributed by atoms with Crippen molar-refractivity contribution < 1.29 is 9.90 Å². The molecular weight excluding hydrogens is 274 g/mol. The minimum Gasteiger partial charge on any atom is -0.478 e. The van der Waals surface area contributed by atoms with Crippen LogP contribution in [0.25, 0.3) is 0 Å². The maximum Gasteiger partial charge on any atom is 0.335 e. The van der Waals surface area contributed by atoms with Crippen molar-refractivity contribution in [1.29, 1.82) is 0 Å². The highest BCUT2D eigenvalue weighted by atomic mass is 16.4. The van der Waals surface area contributed by atoms with E-state index in [1.54, 1.807) is 6.07 Å². The lowest BCUT2D eigenvalue weighted by molar-refractivity contribution is 0.0695. The van der Waals surface area contributed by atoms with Crippen molar-refractivity contribution in [2.75, 3.05) is 6.54 Å². The maximum atomic E-state index is 11.6. The average molecular weight is 295 g/mol. The quantitative estimate of drug-likeness (QED) is 0.890.